The Balaban J connectivity index is 1.77. The van der Waals surface area contributed by atoms with Gasteiger partial charge in [-0.25, -0.2) is 4.98 Å². The minimum Gasteiger partial charge on any atom is -0.497 e. The first-order valence-corrected chi connectivity index (χ1v) is 9.38. The predicted molar refractivity (Wildman–Crippen MR) is 112 cm³/mol. The molecule has 0 aliphatic rings. The van der Waals surface area contributed by atoms with Crippen molar-refractivity contribution in [1.29, 1.82) is 0 Å². The number of hydrogen-bond acceptors (Lipinski definition) is 7. The lowest BCUT2D eigenvalue weighted by atomic mass is 10.2. The largest absolute Gasteiger partial charge is 0.497 e. The van der Waals surface area contributed by atoms with Crippen LogP contribution in [0.2, 0.25) is 0 Å². The molecule has 0 spiro atoms. The summed E-state index contributed by atoms with van der Waals surface area (Å²) in [6.07, 6.45) is -1.52. The first-order valence-electron chi connectivity index (χ1n) is 9.38. The van der Waals surface area contributed by atoms with Crippen LogP contribution < -0.4 is 19.7 Å². The minimum absolute atomic E-state index is 0.105. The van der Waals surface area contributed by atoms with E-state index in [0.717, 1.165) is 0 Å². The predicted octanol–water partition coefficient (Wildman–Crippen LogP) is 3.56. The Morgan fingerprint density at radius 1 is 1.16 bits per heavy atom. The highest BCUT2D eigenvalue weighted by Crippen LogP contribution is 2.24. The van der Waals surface area contributed by atoms with Gasteiger partial charge in [0.05, 0.1) is 13.7 Å². The molecule has 0 radical (unpaired) electrons. The van der Waals surface area contributed by atoms with Crippen LogP contribution in [0.1, 0.15) is 0 Å². The smallest absolute Gasteiger partial charge is 0.422 e. The number of aromatic nitrogens is 3. The van der Waals surface area contributed by atoms with Crippen LogP contribution >= 0.6 is 0 Å². The number of halogens is 3. The van der Waals surface area contributed by atoms with Gasteiger partial charge in [-0.3, -0.25) is 9.78 Å². The summed E-state index contributed by atoms with van der Waals surface area (Å²) in [7, 11) is 3.12. The number of likely N-dealkylation sites (N-methyl/N-ethyl adjacent to an activating group) is 1. The first-order chi connectivity index (χ1) is 15.2. The number of benzene rings is 1. The molecule has 0 aliphatic carbocycles. The summed E-state index contributed by atoms with van der Waals surface area (Å²) in [5.41, 5.74) is 1.09. The van der Waals surface area contributed by atoms with Gasteiger partial charge in [0.2, 0.25) is 11.8 Å². The third kappa shape index (κ3) is 6.30. The van der Waals surface area contributed by atoms with Gasteiger partial charge in [-0.15, -0.1) is 0 Å². The number of alkyl halides is 3. The number of nitrogens with zero attached hydrogens (tertiary/aromatic N) is 4. The van der Waals surface area contributed by atoms with Crippen LogP contribution in [-0.2, 0) is 4.79 Å². The molecule has 32 heavy (non-hydrogen) atoms. The summed E-state index contributed by atoms with van der Waals surface area (Å²) < 4.78 is 47.6. The molecule has 3 rings (SSSR count). The second kappa shape index (κ2) is 9.94. The van der Waals surface area contributed by atoms with Crippen molar-refractivity contribution in [2.45, 2.75) is 6.18 Å². The van der Waals surface area contributed by atoms with Crippen LogP contribution in [0.5, 0.6) is 11.6 Å². The van der Waals surface area contributed by atoms with Gasteiger partial charge in [0.1, 0.15) is 11.6 Å². The van der Waals surface area contributed by atoms with Gasteiger partial charge in [0.25, 0.3) is 0 Å². The Labute approximate surface area is 182 Å². The maximum atomic E-state index is 12.6. The van der Waals surface area contributed by atoms with E-state index in [1.54, 1.807) is 49.6 Å². The molecule has 11 heteroatoms. The lowest BCUT2D eigenvalue weighted by Crippen LogP contribution is -2.32. The van der Waals surface area contributed by atoms with E-state index in [-0.39, 0.29) is 30.0 Å². The first kappa shape index (κ1) is 22.8. The van der Waals surface area contributed by atoms with Gasteiger partial charge in [-0.2, -0.15) is 18.2 Å². The molecule has 0 saturated carbocycles. The van der Waals surface area contributed by atoms with E-state index in [4.69, 9.17) is 9.47 Å². The Kier molecular flexibility index (Phi) is 7.08. The minimum atomic E-state index is -4.53. The molecule has 0 fully saturated rings. The summed E-state index contributed by atoms with van der Waals surface area (Å²) in [5, 5.41) is 2.82. The van der Waals surface area contributed by atoms with Crippen molar-refractivity contribution in [3.8, 4) is 23.0 Å². The van der Waals surface area contributed by atoms with Crippen molar-refractivity contribution < 1.29 is 27.4 Å². The highest BCUT2D eigenvalue weighted by atomic mass is 19.4. The molecule has 0 saturated heterocycles. The van der Waals surface area contributed by atoms with Gasteiger partial charge in [-0.1, -0.05) is 6.07 Å². The summed E-state index contributed by atoms with van der Waals surface area (Å²) in [6.45, 7) is -1.68. The number of amides is 1. The quantitative estimate of drug-likeness (QED) is 0.565. The Hall–Kier alpha value is -3.89. The third-order valence-electron chi connectivity index (χ3n) is 4.24. The fourth-order valence-electron chi connectivity index (χ4n) is 2.62. The fraction of sp³-hybridized carbons (Fsp3) is 0.238. The molecule has 1 N–H and O–H groups in total. The van der Waals surface area contributed by atoms with Crippen molar-refractivity contribution in [1.82, 2.24) is 15.0 Å². The number of nitrogens with one attached hydrogen (secondary N) is 1. The molecule has 0 aliphatic heterocycles. The number of rotatable bonds is 8. The van der Waals surface area contributed by atoms with Crippen LogP contribution in [0.4, 0.5) is 24.7 Å². The molecule has 0 unspecified atom stereocenters. The van der Waals surface area contributed by atoms with Crippen molar-refractivity contribution in [2.75, 3.05) is 37.5 Å². The molecule has 8 nitrogen and oxygen atoms in total. The van der Waals surface area contributed by atoms with E-state index in [1.807, 2.05) is 0 Å². The van der Waals surface area contributed by atoms with Crippen LogP contribution in [-0.4, -0.2) is 54.3 Å². The lowest BCUT2D eigenvalue weighted by molar-refractivity contribution is -0.154. The fourth-order valence-corrected chi connectivity index (χ4v) is 2.62. The summed E-state index contributed by atoms with van der Waals surface area (Å²) in [4.78, 5) is 26.3. The number of pyridine rings is 1. The van der Waals surface area contributed by atoms with E-state index >= 15 is 0 Å². The topological polar surface area (TPSA) is 89.5 Å². The Morgan fingerprint density at radius 2 is 1.97 bits per heavy atom. The van der Waals surface area contributed by atoms with E-state index in [0.29, 0.717) is 17.0 Å². The molecule has 0 bridgehead atoms. The summed E-state index contributed by atoms with van der Waals surface area (Å²) in [5.74, 6) is 0.237. The van der Waals surface area contributed by atoms with Gasteiger partial charge in [-0.05, 0) is 24.3 Å². The maximum absolute atomic E-state index is 12.6. The number of ether oxygens (including phenoxy) is 2. The number of anilines is 2. The normalized spacial score (nSPS) is 11.0. The van der Waals surface area contributed by atoms with Gasteiger partial charge < -0.3 is 19.7 Å². The van der Waals surface area contributed by atoms with Crippen molar-refractivity contribution in [3.05, 3.63) is 54.9 Å². The van der Waals surface area contributed by atoms with E-state index in [2.05, 4.69) is 20.3 Å². The summed E-state index contributed by atoms with van der Waals surface area (Å²) >= 11 is 0. The van der Waals surface area contributed by atoms with E-state index in [9.17, 15) is 18.0 Å². The van der Waals surface area contributed by atoms with Crippen LogP contribution in [0.25, 0.3) is 11.4 Å². The number of carbonyl (C=O) groups is 1. The standard InChI is InChI=1S/C21H20F3N5O3/c1-29(15-6-3-7-16(9-15)31-2)19(30)12-26-17-10-18(32-13-21(22,23)24)28-20(27-17)14-5-4-8-25-11-14/h3-11H,12-13H2,1-2H3,(H,26,27,28). The monoisotopic (exact) mass is 447 g/mol. The second-order valence-electron chi connectivity index (χ2n) is 6.57. The summed E-state index contributed by atoms with van der Waals surface area (Å²) in [6, 6.07) is 11.4. The van der Waals surface area contributed by atoms with Crippen LogP contribution in [0.3, 0.4) is 0 Å². The number of carbonyl (C=O) groups excluding carboxylic acids is 1. The zero-order valence-electron chi connectivity index (χ0n) is 17.3. The highest BCUT2D eigenvalue weighted by molar-refractivity contribution is 5.95. The zero-order valence-corrected chi connectivity index (χ0v) is 17.3. The van der Waals surface area contributed by atoms with E-state index in [1.165, 1.54) is 24.3 Å². The SMILES string of the molecule is COc1cccc(N(C)C(=O)CNc2cc(OCC(F)(F)F)nc(-c3cccnc3)n2)c1. The average molecular weight is 447 g/mol. The Bertz CT molecular complexity index is 1060. The molecular formula is C21H20F3N5O3. The lowest BCUT2D eigenvalue weighted by Gasteiger charge is -2.19. The van der Waals surface area contributed by atoms with Crippen LogP contribution in [0.15, 0.2) is 54.9 Å². The van der Waals surface area contributed by atoms with Gasteiger partial charge >= 0.3 is 6.18 Å². The zero-order chi connectivity index (χ0) is 23.1. The molecule has 0 atom stereocenters. The van der Waals surface area contributed by atoms with Crippen molar-refractivity contribution >= 4 is 17.4 Å². The van der Waals surface area contributed by atoms with Gasteiger partial charge in [0.15, 0.2) is 12.4 Å². The van der Waals surface area contributed by atoms with Crippen molar-refractivity contribution in [2.24, 2.45) is 0 Å². The molecule has 3 aromatic rings. The molecule has 1 amide bonds. The molecule has 2 heterocycles. The maximum Gasteiger partial charge on any atom is 0.422 e. The third-order valence-corrected chi connectivity index (χ3v) is 4.24. The molecular weight excluding hydrogens is 427 g/mol. The second-order valence-corrected chi connectivity index (χ2v) is 6.57. The molecule has 2 aromatic heterocycles. The average Bonchev–Trinajstić information content (AvgIpc) is 2.80. The van der Waals surface area contributed by atoms with Gasteiger partial charge in [0, 0.05) is 42.8 Å². The van der Waals surface area contributed by atoms with E-state index < -0.39 is 12.8 Å². The molecule has 168 valence electrons. The highest BCUT2D eigenvalue weighted by Gasteiger charge is 2.29. The van der Waals surface area contributed by atoms with Crippen LogP contribution in [0, 0.1) is 0 Å². The molecule has 1 aromatic carbocycles. The van der Waals surface area contributed by atoms with Crippen molar-refractivity contribution in [3.63, 3.8) is 0 Å². The number of hydrogen-bond donors (Lipinski definition) is 1. The number of methoxy groups -OCH3 is 1. The Morgan fingerprint density at radius 3 is 2.66 bits per heavy atom.